The smallest absolute Gasteiger partial charge is 0.0994 e. The first-order chi connectivity index (χ1) is 9.40. The molecule has 0 heterocycles. The quantitative estimate of drug-likeness (QED) is 0.733. The van der Waals surface area contributed by atoms with E-state index in [0.717, 1.165) is 24.0 Å². The van der Waals surface area contributed by atoms with E-state index in [1.165, 1.54) is 5.56 Å². The Morgan fingerprint density at radius 2 is 1.68 bits per heavy atom. The molecule has 0 aromatic heterocycles. The molecule has 0 amide bonds. The van der Waals surface area contributed by atoms with E-state index in [2.05, 4.69) is 18.2 Å². The molecule has 2 heteroatoms. The predicted octanol–water partition coefficient (Wildman–Crippen LogP) is 3.71. The standard InChI is InChI=1S/C17H17NO/c18-13-17-10-5-4-9-16(17)11-6-12-19-14-15-7-2-1-3-8-15/h1-5,7-10H,6,11-12,14H2. The van der Waals surface area contributed by atoms with Crippen molar-refractivity contribution >= 4 is 0 Å². The fraction of sp³-hybridized carbons (Fsp3) is 0.235. The third kappa shape index (κ3) is 4.24. The summed E-state index contributed by atoms with van der Waals surface area (Å²) >= 11 is 0. The van der Waals surface area contributed by atoms with Crippen molar-refractivity contribution in [1.82, 2.24) is 0 Å². The van der Waals surface area contributed by atoms with Crippen LogP contribution in [-0.2, 0) is 17.8 Å². The van der Waals surface area contributed by atoms with Crippen molar-refractivity contribution in [2.45, 2.75) is 19.4 Å². The number of nitrogens with zero attached hydrogens (tertiary/aromatic N) is 1. The number of aryl methyl sites for hydroxylation is 1. The van der Waals surface area contributed by atoms with Gasteiger partial charge in [0.05, 0.1) is 18.2 Å². The van der Waals surface area contributed by atoms with E-state index in [4.69, 9.17) is 10.00 Å². The minimum absolute atomic E-state index is 0.654. The predicted molar refractivity (Wildman–Crippen MR) is 75.6 cm³/mol. The average molecular weight is 251 g/mol. The lowest BCUT2D eigenvalue weighted by Gasteiger charge is -2.05. The number of hydrogen-bond donors (Lipinski definition) is 0. The molecule has 19 heavy (non-hydrogen) atoms. The van der Waals surface area contributed by atoms with Crippen LogP contribution in [0.4, 0.5) is 0 Å². The van der Waals surface area contributed by atoms with E-state index >= 15 is 0 Å². The second kappa shape index (κ2) is 7.35. The van der Waals surface area contributed by atoms with Crippen LogP contribution >= 0.6 is 0 Å². The van der Waals surface area contributed by atoms with Crippen LogP contribution in [0.1, 0.15) is 23.1 Å². The molecule has 0 spiro atoms. The van der Waals surface area contributed by atoms with Crippen LogP contribution in [0.2, 0.25) is 0 Å². The van der Waals surface area contributed by atoms with Crippen molar-refractivity contribution in [3.63, 3.8) is 0 Å². The third-order valence-corrected chi connectivity index (χ3v) is 2.98. The molecule has 0 saturated heterocycles. The highest BCUT2D eigenvalue weighted by Crippen LogP contribution is 2.10. The Hall–Kier alpha value is -2.11. The molecule has 2 aromatic rings. The Morgan fingerprint density at radius 1 is 0.947 bits per heavy atom. The largest absolute Gasteiger partial charge is 0.377 e. The normalized spacial score (nSPS) is 10.1. The summed E-state index contributed by atoms with van der Waals surface area (Å²) in [6.45, 7) is 1.37. The fourth-order valence-corrected chi connectivity index (χ4v) is 1.98. The lowest BCUT2D eigenvalue weighted by atomic mass is 10.0. The van der Waals surface area contributed by atoms with Crippen LogP contribution in [-0.4, -0.2) is 6.61 Å². The van der Waals surface area contributed by atoms with E-state index in [1.54, 1.807) is 0 Å². The Labute approximate surface area is 114 Å². The van der Waals surface area contributed by atoms with E-state index in [-0.39, 0.29) is 0 Å². The third-order valence-electron chi connectivity index (χ3n) is 2.98. The van der Waals surface area contributed by atoms with Crippen molar-refractivity contribution in [1.29, 1.82) is 5.26 Å². The molecule has 0 N–H and O–H groups in total. The molecule has 0 saturated carbocycles. The first-order valence-electron chi connectivity index (χ1n) is 6.50. The minimum Gasteiger partial charge on any atom is -0.377 e. The summed E-state index contributed by atoms with van der Waals surface area (Å²) in [6.07, 6.45) is 1.82. The molecule has 2 rings (SSSR count). The molecule has 0 radical (unpaired) electrons. The first-order valence-corrected chi connectivity index (χ1v) is 6.50. The molecular formula is C17H17NO. The second-order valence-corrected chi connectivity index (χ2v) is 4.41. The Bertz CT molecular complexity index is 543. The average Bonchev–Trinajstić information content (AvgIpc) is 2.48. The van der Waals surface area contributed by atoms with Gasteiger partial charge in [-0.3, -0.25) is 0 Å². The van der Waals surface area contributed by atoms with Crippen LogP contribution in [0.3, 0.4) is 0 Å². The van der Waals surface area contributed by atoms with Gasteiger partial charge in [-0.15, -0.1) is 0 Å². The van der Waals surface area contributed by atoms with Crippen molar-refractivity contribution in [2.24, 2.45) is 0 Å². The molecule has 0 bridgehead atoms. The number of benzene rings is 2. The van der Waals surface area contributed by atoms with E-state index in [0.29, 0.717) is 13.2 Å². The highest BCUT2D eigenvalue weighted by molar-refractivity contribution is 5.37. The van der Waals surface area contributed by atoms with Gasteiger partial charge in [-0.25, -0.2) is 0 Å². The highest BCUT2D eigenvalue weighted by atomic mass is 16.5. The molecule has 96 valence electrons. The van der Waals surface area contributed by atoms with Crippen LogP contribution in [0.25, 0.3) is 0 Å². The minimum atomic E-state index is 0.654. The van der Waals surface area contributed by atoms with Gasteiger partial charge in [0.15, 0.2) is 0 Å². The maximum Gasteiger partial charge on any atom is 0.0994 e. The Morgan fingerprint density at radius 3 is 2.47 bits per heavy atom. The summed E-state index contributed by atoms with van der Waals surface area (Å²) in [5.41, 5.74) is 3.07. The molecule has 0 fully saturated rings. The molecule has 2 aromatic carbocycles. The summed E-state index contributed by atoms with van der Waals surface area (Å²) in [6, 6.07) is 20.1. The van der Waals surface area contributed by atoms with Gasteiger partial charge < -0.3 is 4.74 Å². The molecule has 0 aliphatic heterocycles. The van der Waals surface area contributed by atoms with E-state index in [9.17, 15) is 0 Å². The SMILES string of the molecule is N#Cc1ccccc1CCCOCc1ccccc1. The van der Waals surface area contributed by atoms with Crippen molar-refractivity contribution < 1.29 is 4.74 Å². The zero-order valence-corrected chi connectivity index (χ0v) is 10.9. The second-order valence-electron chi connectivity index (χ2n) is 4.41. The van der Waals surface area contributed by atoms with Crippen molar-refractivity contribution in [3.8, 4) is 6.07 Å². The van der Waals surface area contributed by atoms with Crippen LogP contribution < -0.4 is 0 Å². The van der Waals surface area contributed by atoms with Gasteiger partial charge in [-0.2, -0.15) is 5.26 Å². The monoisotopic (exact) mass is 251 g/mol. The Balaban J connectivity index is 1.71. The number of rotatable bonds is 6. The maximum absolute atomic E-state index is 8.99. The summed E-state index contributed by atoms with van der Waals surface area (Å²) < 4.78 is 5.63. The van der Waals surface area contributed by atoms with Gasteiger partial charge in [0.1, 0.15) is 0 Å². The Kier molecular flexibility index (Phi) is 5.16. The van der Waals surface area contributed by atoms with Crippen LogP contribution in [0, 0.1) is 11.3 Å². The van der Waals surface area contributed by atoms with E-state index < -0.39 is 0 Å². The molecule has 0 aliphatic carbocycles. The topological polar surface area (TPSA) is 33.0 Å². The summed E-state index contributed by atoms with van der Waals surface area (Å²) in [5.74, 6) is 0. The summed E-state index contributed by atoms with van der Waals surface area (Å²) in [5, 5.41) is 8.99. The number of nitriles is 1. The van der Waals surface area contributed by atoms with Crippen LogP contribution in [0.15, 0.2) is 54.6 Å². The first kappa shape index (κ1) is 13.3. The zero-order chi connectivity index (χ0) is 13.3. The highest BCUT2D eigenvalue weighted by Gasteiger charge is 2.00. The van der Waals surface area contributed by atoms with Gasteiger partial charge in [-0.1, -0.05) is 48.5 Å². The lowest BCUT2D eigenvalue weighted by Crippen LogP contribution is -1.98. The molecule has 0 atom stereocenters. The number of hydrogen-bond acceptors (Lipinski definition) is 2. The molecule has 0 unspecified atom stereocenters. The summed E-state index contributed by atoms with van der Waals surface area (Å²) in [4.78, 5) is 0. The lowest BCUT2D eigenvalue weighted by molar-refractivity contribution is 0.118. The van der Waals surface area contributed by atoms with Gasteiger partial charge in [0.25, 0.3) is 0 Å². The van der Waals surface area contributed by atoms with Gasteiger partial charge in [0.2, 0.25) is 0 Å². The maximum atomic E-state index is 8.99. The van der Waals surface area contributed by atoms with Crippen molar-refractivity contribution in [3.05, 3.63) is 71.3 Å². The van der Waals surface area contributed by atoms with Gasteiger partial charge in [-0.05, 0) is 30.0 Å². The van der Waals surface area contributed by atoms with Crippen LogP contribution in [0.5, 0.6) is 0 Å². The number of ether oxygens (including phenoxy) is 1. The van der Waals surface area contributed by atoms with Gasteiger partial charge in [0, 0.05) is 6.61 Å². The van der Waals surface area contributed by atoms with E-state index in [1.807, 2.05) is 42.5 Å². The summed E-state index contributed by atoms with van der Waals surface area (Å²) in [7, 11) is 0. The van der Waals surface area contributed by atoms with Crippen molar-refractivity contribution in [2.75, 3.05) is 6.61 Å². The fourth-order valence-electron chi connectivity index (χ4n) is 1.98. The van der Waals surface area contributed by atoms with Gasteiger partial charge >= 0.3 is 0 Å². The zero-order valence-electron chi connectivity index (χ0n) is 10.9. The molecular weight excluding hydrogens is 234 g/mol. The molecule has 2 nitrogen and oxygen atoms in total. The molecule has 0 aliphatic rings.